The summed E-state index contributed by atoms with van der Waals surface area (Å²) in [7, 11) is 0. The largest absolute Gasteiger partial charge is 0.618 e. The molecular weight excluding hydrogens is 310 g/mol. The Balaban J connectivity index is 1.69. The molecule has 0 aliphatic rings. The van der Waals surface area contributed by atoms with Gasteiger partial charge in [-0.15, -0.1) is 0 Å². The molecule has 0 bridgehead atoms. The molecule has 1 aromatic carbocycles. The van der Waals surface area contributed by atoms with E-state index in [9.17, 15) is 5.21 Å². The number of hydrogen-bond acceptors (Lipinski definition) is 5. The quantitative estimate of drug-likeness (QED) is 0.405. The minimum atomic E-state index is 0.462. The van der Waals surface area contributed by atoms with Crippen LogP contribution >= 0.6 is 11.8 Å². The molecule has 0 N–H and O–H groups in total. The maximum absolute atomic E-state index is 11.6. The van der Waals surface area contributed by atoms with E-state index in [1.54, 1.807) is 12.1 Å². The highest BCUT2D eigenvalue weighted by atomic mass is 32.2. The van der Waals surface area contributed by atoms with Crippen LogP contribution in [-0.2, 0) is 5.75 Å². The summed E-state index contributed by atoms with van der Waals surface area (Å²) in [6, 6.07) is 13.4. The van der Waals surface area contributed by atoms with Gasteiger partial charge in [-0.3, -0.25) is 0 Å². The third-order valence-corrected chi connectivity index (χ3v) is 4.44. The van der Waals surface area contributed by atoms with E-state index >= 15 is 0 Å². The minimum Gasteiger partial charge on any atom is -0.618 e. The molecule has 118 valence electrons. The molecule has 3 rings (SSSR count). The van der Waals surface area contributed by atoms with Gasteiger partial charge in [0.15, 0.2) is 6.20 Å². The van der Waals surface area contributed by atoms with Gasteiger partial charge < -0.3 is 9.73 Å². The lowest BCUT2D eigenvalue weighted by atomic mass is 10.0. The van der Waals surface area contributed by atoms with Gasteiger partial charge in [-0.2, -0.15) is 9.71 Å². The molecule has 5 nitrogen and oxygen atoms in total. The lowest BCUT2D eigenvalue weighted by Gasteiger charge is -2.04. The van der Waals surface area contributed by atoms with Crippen molar-refractivity contribution in [3.05, 3.63) is 65.3 Å². The fourth-order valence-electron chi connectivity index (χ4n) is 2.11. The first kappa shape index (κ1) is 15.6. The van der Waals surface area contributed by atoms with Gasteiger partial charge in [0.2, 0.25) is 11.7 Å². The molecule has 3 aromatic rings. The number of thioether (sulfide) groups is 1. The Morgan fingerprint density at radius 2 is 1.96 bits per heavy atom. The first-order valence-corrected chi connectivity index (χ1v) is 8.36. The molecule has 6 heteroatoms. The number of nitrogens with zero attached hydrogens (tertiary/aromatic N) is 3. The smallest absolute Gasteiger partial charge is 0.251 e. The van der Waals surface area contributed by atoms with Crippen LogP contribution in [0.2, 0.25) is 0 Å². The average molecular weight is 327 g/mol. The molecule has 0 amide bonds. The van der Waals surface area contributed by atoms with Crippen molar-refractivity contribution in [1.82, 2.24) is 10.1 Å². The van der Waals surface area contributed by atoms with Crippen LogP contribution in [0.1, 0.15) is 31.2 Å². The molecule has 2 aromatic heterocycles. The maximum Gasteiger partial charge on any atom is 0.251 e. The SMILES string of the molecule is CC(C)c1ccc(-c2noc(CSc3cccc[n+]3[O-])n2)cc1. The van der Waals surface area contributed by atoms with E-state index in [1.165, 1.54) is 23.5 Å². The number of benzene rings is 1. The molecule has 23 heavy (non-hydrogen) atoms. The summed E-state index contributed by atoms with van der Waals surface area (Å²) in [6.45, 7) is 4.31. The second-order valence-electron chi connectivity index (χ2n) is 5.44. The van der Waals surface area contributed by atoms with Crippen molar-refractivity contribution in [3.8, 4) is 11.4 Å². The van der Waals surface area contributed by atoms with E-state index in [2.05, 4.69) is 36.1 Å². The summed E-state index contributed by atoms with van der Waals surface area (Å²) < 4.78 is 6.09. The number of rotatable bonds is 5. The first-order chi connectivity index (χ1) is 11.1. The van der Waals surface area contributed by atoms with E-state index in [0.717, 1.165) is 10.3 Å². The molecule has 0 fully saturated rings. The fraction of sp³-hybridized carbons (Fsp3) is 0.235. The fourth-order valence-corrected chi connectivity index (χ4v) is 2.86. The minimum absolute atomic E-state index is 0.462. The highest BCUT2D eigenvalue weighted by Crippen LogP contribution is 2.23. The van der Waals surface area contributed by atoms with Crippen molar-refractivity contribution in [2.24, 2.45) is 0 Å². The highest BCUT2D eigenvalue weighted by Gasteiger charge is 2.12. The van der Waals surface area contributed by atoms with E-state index in [4.69, 9.17) is 4.52 Å². The van der Waals surface area contributed by atoms with E-state index in [1.807, 2.05) is 18.2 Å². The van der Waals surface area contributed by atoms with Crippen LogP contribution in [0.3, 0.4) is 0 Å². The maximum atomic E-state index is 11.6. The Labute approximate surface area is 138 Å². The van der Waals surface area contributed by atoms with Gasteiger partial charge in [-0.05, 0) is 29.3 Å². The Hall–Kier alpha value is -2.34. The zero-order chi connectivity index (χ0) is 16.2. The Kier molecular flexibility index (Phi) is 4.62. The molecule has 0 saturated heterocycles. The lowest BCUT2D eigenvalue weighted by Crippen LogP contribution is -2.27. The van der Waals surface area contributed by atoms with Crippen LogP contribution in [0.15, 0.2) is 58.2 Å². The molecule has 0 radical (unpaired) electrons. The van der Waals surface area contributed by atoms with Crippen LogP contribution < -0.4 is 4.73 Å². The molecular formula is C17H17N3O2S. The van der Waals surface area contributed by atoms with Crippen LogP contribution in [0, 0.1) is 5.21 Å². The van der Waals surface area contributed by atoms with E-state index in [-0.39, 0.29) is 0 Å². The second-order valence-corrected chi connectivity index (χ2v) is 6.44. The summed E-state index contributed by atoms with van der Waals surface area (Å²) >= 11 is 1.37. The molecule has 0 aliphatic carbocycles. The van der Waals surface area contributed by atoms with Crippen molar-refractivity contribution >= 4 is 11.8 Å². The molecule has 2 heterocycles. The van der Waals surface area contributed by atoms with Crippen molar-refractivity contribution in [1.29, 1.82) is 0 Å². The molecule has 0 spiro atoms. The number of aromatic nitrogens is 3. The summed E-state index contributed by atoms with van der Waals surface area (Å²) in [5, 5.41) is 16.2. The Morgan fingerprint density at radius 3 is 2.65 bits per heavy atom. The monoisotopic (exact) mass is 327 g/mol. The van der Waals surface area contributed by atoms with E-state index in [0.29, 0.717) is 28.4 Å². The zero-order valence-corrected chi connectivity index (χ0v) is 13.8. The Bertz CT molecular complexity index is 785. The second kappa shape index (κ2) is 6.83. The predicted octanol–water partition coefficient (Wildman–Crippen LogP) is 3.79. The van der Waals surface area contributed by atoms with Gasteiger partial charge in [-0.25, -0.2) is 0 Å². The molecule has 0 saturated carbocycles. The van der Waals surface area contributed by atoms with Crippen molar-refractivity contribution in [2.45, 2.75) is 30.5 Å². The summed E-state index contributed by atoms with van der Waals surface area (Å²) in [4.78, 5) is 4.39. The van der Waals surface area contributed by atoms with Gasteiger partial charge in [-0.1, -0.05) is 43.3 Å². The first-order valence-electron chi connectivity index (χ1n) is 7.37. The summed E-state index contributed by atoms with van der Waals surface area (Å²) in [5.41, 5.74) is 2.20. The van der Waals surface area contributed by atoms with Gasteiger partial charge in [0.1, 0.15) is 0 Å². The summed E-state index contributed by atoms with van der Waals surface area (Å²) in [6.07, 6.45) is 1.47. The topological polar surface area (TPSA) is 65.9 Å². The van der Waals surface area contributed by atoms with Gasteiger partial charge in [0.25, 0.3) is 5.03 Å². The third-order valence-electron chi connectivity index (χ3n) is 3.44. The van der Waals surface area contributed by atoms with Crippen LogP contribution in [0.25, 0.3) is 11.4 Å². The van der Waals surface area contributed by atoms with Crippen molar-refractivity contribution in [2.75, 3.05) is 0 Å². The van der Waals surface area contributed by atoms with Crippen LogP contribution in [0.5, 0.6) is 0 Å². The molecule has 0 aliphatic heterocycles. The van der Waals surface area contributed by atoms with Gasteiger partial charge >= 0.3 is 0 Å². The van der Waals surface area contributed by atoms with Gasteiger partial charge in [0.05, 0.1) is 5.75 Å². The highest BCUT2D eigenvalue weighted by molar-refractivity contribution is 7.98. The third kappa shape index (κ3) is 3.71. The average Bonchev–Trinajstić information content (AvgIpc) is 3.03. The van der Waals surface area contributed by atoms with Gasteiger partial charge in [0, 0.05) is 17.7 Å². The Morgan fingerprint density at radius 1 is 1.17 bits per heavy atom. The van der Waals surface area contributed by atoms with E-state index < -0.39 is 0 Å². The molecule has 0 unspecified atom stereocenters. The van der Waals surface area contributed by atoms with Crippen LogP contribution in [0.4, 0.5) is 0 Å². The number of pyridine rings is 1. The van der Waals surface area contributed by atoms with Crippen molar-refractivity contribution in [3.63, 3.8) is 0 Å². The normalized spacial score (nSPS) is 11.1. The summed E-state index contributed by atoms with van der Waals surface area (Å²) in [5.74, 6) is 2.02. The predicted molar refractivity (Wildman–Crippen MR) is 88.8 cm³/mol. The van der Waals surface area contributed by atoms with Crippen LogP contribution in [-0.4, -0.2) is 10.1 Å². The van der Waals surface area contributed by atoms with Crippen molar-refractivity contribution < 1.29 is 9.25 Å². The number of hydrogen-bond donors (Lipinski definition) is 0. The molecule has 0 atom stereocenters. The lowest BCUT2D eigenvalue weighted by molar-refractivity contribution is -0.645. The zero-order valence-electron chi connectivity index (χ0n) is 13.0. The standard InChI is InChI=1S/C17H17N3O2S/c1-12(2)13-6-8-14(9-7-13)17-18-15(22-19-17)11-23-16-5-3-4-10-20(16)21/h3-10,12H,11H2,1-2H3.